The normalized spacial score (nSPS) is 14.7. The van der Waals surface area contributed by atoms with Gasteiger partial charge in [-0.1, -0.05) is 30.3 Å². The van der Waals surface area contributed by atoms with Crippen molar-refractivity contribution in [2.24, 2.45) is 0 Å². The van der Waals surface area contributed by atoms with E-state index in [2.05, 4.69) is 5.10 Å². The van der Waals surface area contributed by atoms with Crippen molar-refractivity contribution < 1.29 is 24.2 Å². The van der Waals surface area contributed by atoms with E-state index in [1.807, 2.05) is 42.7 Å². The van der Waals surface area contributed by atoms with Crippen molar-refractivity contribution in [1.29, 1.82) is 0 Å². The Balaban J connectivity index is 1.41. The molecule has 5 rings (SSSR count). The molecule has 1 atom stereocenters. The molecule has 0 bridgehead atoms. The van der Waals surface area contributed by atoms with Crippen LogP contribution in [0.15, 0.2) is 59.4 Å². The van der Waals surface area contributed by atoms with Crippen molar-refractivity contribution in [1.82, 2.24) is 14.3 Å². The van der Waals surface area contributed by atoms with Crippen molar-refractivity contribution in [2.75, 3.05) is 6.61 Å². The zero-order valence-electron chi connectivity index (χ0n) is 19.2. The Hall–Kier alpha value is -4.40. The summed E-state index contributed by atoms with van der Waals surface area (Å²) in [7, 11) is 0. The smallest absolute Gasteiger partial charge is 0.357 e. The summed E-state index contributed by atoms with van der Waals surface area (Å²) in [6.07, 6.45) is -0.236. The summed E-state index contributed by atoms with van der Waals surface area (Å²) >= 11 is 0. The second-order valence-electron chi connectivity index (χ2n) is 8.48. The summed E-state index contributed by atoms with van der Waals surface area (Å²) in [4.78, 5) is 37.8. The van der Waals surface area contributed by atoms with Gasteiger partial charge < -0.3 is 19.1 Å². The van der Waals surface area contributed by atoms with Crippen LogP contribution in [0.25, 0.3) is 10.8 Å². The van der Waals surface area contributed by atoms with Crippen molar-refractivity contribution in [2.45, 2.75) is 33.0 Å². The number of carboxylic acid groups (broad SMARTS) is 1. The highest BCUT2D eigenvalue weighted by molar-refractivity contribution is 6.01. The Morgan fingerprint density at radius 1 is 1.06 bits per heavy atom. The predicted octanol–water partition coefficient (Wildman–Crippen LogP) is 3.24. The molecule has 9 heteroatoms. The van der Waals surface area contributed by atoms with Gasteiger partial charge in [-0.3, -0.25) is 9.59 Å². The molecule has 2 aromatic carbocycles. The number of para-hydroxylation sites is 2. The molecule has 0 saturated heterocycles. The van der Waals surface area contributed by atoms with Gasteiger partial charge >= 0.3 is 5.97 Å². The standard InChI is InChI=1S/C26H23N3O6/c1-15-11-20(16(2)28(15)12-17-14-34-22-9-5-6-10-23(22)35-17)21(30)13-29-25(31)19-8-4-3-7-18(19)24(27-29)26(32)33/h3-11,17H,12-14H2,1-2H3,(H,32,33)/t17-/m0/s1. The Bertz CT molecular complexity index is 1530. The molecule has 3 heterocycles. The molecule has 1 aliphatic heterocycles. The van der Waals surface area contributed by atoms with Crippen molar-refractivity contribution in [3.05, 3.63) is 87.6 Å². The van der Waals surface area contributed by atoms with Gasteiger partial charge in [-0.25, -0.2) is 9.48 Å². The maximum Gasteiger partial charge on any atom is 0.357 e. The molecule has 0 fully saturated rings. The van der Waals surface area contributed by atoms with Gasteiger partial charge in [-0.05, 0) is 38.1 Å². The van der Waals surface area contributed by atoms with Gasteiger partial charge in [0.2, 0.25) is 0 Å². The Morgan fingerprint density at radius 2 is 1.74 bits per heavy atom. The third-order valence-electron chi connectivity index (χ3n) is 6.19. The monoisotopic (exact) mass is 473 g/mol. The molecule has 0 aliphatic carbocycles. The topological polar surface area (TPSA) is 113 Å². The highest BCUT2D eigenvalue weighted by Gasteiger charge is 2.25. The first-order valence-corrected chi connectivity index (χ1v) is 11.1. The lowest BCUT2D eigenvalue weighted by molar-refractivity contribution is 0.0688. The van der Waals surface area contributed by atoms with Crippen molar-refractivity contribution in [3.8, 4) is 11.5 Å². The number of aromatic nitrogens is 3. The van der Waals surface area contributed by atoms with E-state index in [1.165, 1.54) is 12.1 Å². The molecule has 1 N–H and O–H groups in total. The fourth-order valence-corrected chi connectivity index (χ4v) is 4.44. The van der Waals surface area contributed by atoms with Gasteiger partial charge in [0, 0.05) is 22.3 Å². The number of carboxylic acids is 1. The van der Waals surface area contributed by atoms with Crippen molar-refractivity contribution in [3.63, 3.8) is 0 Å². The van der Waals surface area contributed by atoms with Crippen LogP contribution >= 0.6 is 0 Å². The highest BCUT2D eigenvalue weighted by Crippen LogP contribution is 2.31. The van der Waals surface area contributed by atoms with Crippen LogP contribution in [-0.2, 0) is 13.1 Å². The number of fused-ring (bicyclic) bond motifs is 2. The molecule has 35 heavy (non-hydrogen) atoms. The van der Waals surface area contributed by atoms with E-state index in [9.17, 15) is 19.5 Å². The summed E-state index contributed by atoms with van der Waals surface area (Å²) in [6, 6.07) is 15.6. The molecule has 4 aromatic rings. The molecule has 9 nitrogen and oxygen atoms in total. The number of carbonyl (C=O) groups excluding carboxylic acids is 1. The van der Waals surface area contributed by atoms with Gasteiger partial charge in [0.05, 0.1) is 11.9 Å². The van der Waals surface area contributed by atoms with E-state index in [4.69, 9.17) is 9.47 Å². The summed E-state index contributed by atoms with van der Waals surface area (Å²) in [6.45, 7) is 4.22. The first-order chi connectivity index (χ1) is 16.8. The molecular formula is C26H23N3O6. The van der Waals surface area contributed by atoms with Crippen LogP contribution in [-0.4, -0.2) is 43.9 Å². The van der Waals surface area contributed by atoms with Gasteiger partial charge in [0.15, 0.2) is 29.1 Å². The molecule has 2 aromatic heterocycles. The first kappa shape index (κ1) is 22.4. The van der Waals surface area contributed by atoms with Crippen molar-refractivity contribution >= 4 is 22.5 Å². The van der Waals surface area contributed by atoms with E-state index < -0.39 is 11.5 Å². The molecule has 178 valence electrons. The van der Waals surface area contributed by atoms with Crippen LogP contribution in [0.3, 0.4) is 0 Å². The number of benzene rings is 2. The molecule has 0 unspecified atom stereocenters. The van der Waals surface area contributed by atoms with E-state index in [-0.39, 0.29) is 34.9 Å². The second kappa shape index (κ2) is 8.75. The first-order valence-electron chi connectivity index (χ1n) is 11.1. The molecule has 0 amide bonds. The minimum Gasteiger partial charge on any atom is -0.486 e. The summed E-state index contributed by atoms with van der Waals surface area (Å²) in [5.41, 5.74) is 1.24. The number of carbonyl (C=O) groups is 2. The van der Waals surface area contributed by atoms with Gasteiger partial charge in [0.25, 0.3) is 5.56 Å². The third-order valence-corrected chi connectivity index (χ3v) is 6.19. The SMILES string of the molecule is Cc1cc(C(=O)Cn2nc(C(=O)O)c3ccccc3c2=O)c(C)n1C[C@H]1COc2ccccc2O1. The predicted molar refractivity (Wildman–Crippen MR) is 128 cm³/mol. The minimum absolute atomic E-state index is 0.202. The maximum absolute atomic E-state index is 13.2. The molecule has 0 radical (unpaired) electrons. The Kier molecular flexibility index (Phi) is 5.60. The van der Waals surface area contributed by atoms with Crippen LogP contribution in [0.4, 0.5) is 0 Å². The third kappa shape index (κ3) is 4.05. The number of nitrogens with zero attached hydrogens (tertiary/aromatic N) is 3. The fourth-order valence-electron chi connectivity index (χ4n) is 4.44. The number of ether oxygens (including phenoxy) is 2. The number of hydrogen-bond acceptors (Lipinski definition) is 6. The number of rotatable bonds is 6. The Morgan fingerprint density at radius 3 is 2.49 bits per heavy atom. The summed E-state index contributed by atoms with van der Waals surface area (Å²) < 4.78 is 14.8. The van der Waals surface area contributed by atoms with E-state index in [0.717, 1.165) is 16.1 Å². The average Bonchev–Trinajstić information content (AvgIpc) is 3.14. The summed E-state index contributed by atoms with van der Waals surface area (Å²) in [5.74, 6) is -0.221. The second-order valence-corrected chi connectivity index (χ2v) is 8.48. The van der Waals surface area contributed by atoms with Crippen LogP contribution in [0.1, 0.15) is 32.2 Å². The number of hydrogen-bond donors (Lipinski definition) is 1. The van der Waals surface area contributed by atoms with Gasteiger partial charge in [-0.2, -0.15) is 5.10 Å². The lowest BCUT2D eigenvalue weighted by Crippen LogP contribution is -2.33. The molecule has 0 spiro atoms. The van der Waals surface area contributed by atoms with E-state index in [0.29, 0.717) is 30.2 Å². The molecule has 0 saturated carbocycles. The molecular weight excluding hydrogens is 450 g/mol. The van der Waals surface area contributed by atoms with E-state index >= 15 is 0 Å². The Labute approximate surface area is 200 Å². The van der Waals surface area contributed by atoms with Gasteiger partial charge in [-0.15, -0.1) is 0 Å². The largest absolute Gasteiger partial charge is 0.486 e. The quantitative estimate of drug-likeness (QED) is 0.428. The maximum atomic E-state index is 13.2. The average molecular weight is 473 g/mol. The van der Waals surface area contributed by atoms with Crippen LogP contribution in [0.5, 0.6) is 11.5 Å². The number of ketones is 1. The number of Topliss-reactive ketones (excluding diaryl/α,β-unsaturated/α-hetero) is 1. The number of aromatic carboxylic acids is 1. The zero-order valence-corrected chi connectivity index (χ0v) is 19.2. The fraction of sp³-hybridized carbons (Fsp3) is 0.231. The van der Waals surface area contributed by atoms with Crippen LogP contribution in [0.2, 0.25) is 0 Å². The lowest BCUT2D eigenvalue weighted by atomic mass is 10.1. The number of aryl methyl sites for hydroxylation is 1. The van der Waals surface area contributed by atoms with Crippen LogP contribution < -0.4 is 15.0 Å². The van der Waals surface area contributed by atoms with Gasteiger partial charge in [0.1, 0.15) is 13.2 Å². The molecule has 1 aliphatic rings. The van der Waals surface area contributed by atoms with Crippen LogP contribution in [0, 0.1) is 13.8 Å². The highest BCUT2D eigenvalue weighted by atomic mass is 16.6. The minimum atomic E-state index is -1.27. The zero-order chi connectivity index (χ0) is 24.7. The van der Waals surface area contributed by atoms with E-state index in [1.54, 1.807) is 18.2 Å². The lowest BCUT2D eigenvalue weighted by Gasteiger charge is -2.27. The summed E-state index contributed by atoms with van der Waals surface area (Å²) in [5, 5.41) is 14.0.